The van der Waals surface area contributed by atoms with Crippen molar-refractivity contribution < 1.29 is 10.2 Å². The molecule has 8 heavy (non-hydrogen) atoms. The Bertz CT molecular complexity index is 101. The average Bonchev–Trinajstić information content (AvgIpc) is 1.87. The van der Waals surface area contributed by atoms with Crippen LogP contribution in [0.4, 0.5) is 0 Å². The molecule has 0 unspecified atom stereocenters. The second-order valence-corrected chi connectivity index (χ2v) is 1.99. The van der Waals surface area contributed by atoms with Crippen LogP contribution in [-0.2, 0) is 0 Å². The van der Waals surface area contributed by atoms with Gasteiger partial charge in [0.05, 0.1) is 19.3 Å². The fourth-order valence-electron chi connectivity index (χ4n) is 0.121. The van der Waals surface area contributed by atoms with Gasteiger partial charge >= 0.3 is 0 Å². The summed E-state index contributed by atoms with van der Waals surface area (Å²) < 4.78 is 0. The van der Waals surface area contributed by atoms with E-state index in [0.717, 1.165) is 0 Å². The van der Waals surface area contributed by atoms with Gasteiger partial charge in [0.2, 0.25) is 0 Å². The van der Waals surface area contributed by atoms with Gasteiger partial charge in [0, 0.05) is 0 Å². The van der Waals surface area contributed by atoms with Gasteiger partial charge in [-0.05, 0) is 6.92 Å². The van der Waals surface area contributed by atoms with Crippen molar-refractivity contribution in [2.75, 3.05) is 13.2 Å². The zero-order chi connectivity index (χ0) is 6.62. The highest BCUT2D eigenvalue weighted by Gasteiger charge is 2.20. The summed E-state index contributed by atoms with van der Waals surface area (Å²) in [7, 11) is 0. The minimum absolute atomic E-state index is 0.292. The molecule has 0 aliphatic heterocycles. The monoisotopic (exact) mass is 115 g/mol. The van der Waals surface area contributed by atoms with E-state index in [9.17, 15) is 0 Å². The molecule has 0 rings (SSSR count). The molecule has 0 aliphatic rings. The summed E-state index contributed by atoms with van der Waals surface area (Å²) >= 11 is 0. The lowest BCUT2D eigenvalue weighted by atomic mass is 9.96. The highest BCUT2D eigenvalue weighted by Crippen LogP contribution is 2.10. The van der Waals surface area contributed by atoms with Crippen molar-refractivity contribution in [3.8, 4) is 6.07 Å². The molecule has 0 fully saturated rings. The van der Waals surface area contributed by atoms with Crippen LogP contribution in [0.5, 0.6) is 0 Å². The molecule has 0 spiro atoms. The smallest absolute Gasteiger partial charge is 0.100 e. The van der Waals surface area contributed by atoms with Crippen molar-refractivity contribution >= 4 is 0 Å². The predicted molar refractivity (Wildman–Crippen MR) is 27.9 cm³/mol. The van der Waals surface area contributed by atoms with Crippen molar-refractivity contribution in [2.24, 2.45) is 5.41 Å². The van der Waals surface area contributed by atoms with Gasteiger partial charge in [-0.15, -0.1) is 0 Å². The summed E-state index contributed by atoms with van der Waals surface area (Å²) in [4.78, 5) is 0. The molecule has 0 atom stereocenters. The molecule has 0 radical (unpaired) electrons. The molecule has 0 aromatic carbocycles. The number of rotatable bonds is 2. The number of aliphatic hydroxyl groups excluding tert-OH is 2. The molecule has 0 amide bonds. The summed E-state index contributed by atoms with van der Waals surface area (Å²) in [6, 6.07) is 1.78. The van der Waals surface area contributed by atoms with E-state index in [2.05, 4.69) is 0 Å². The first kappa shape index (κ1) is 7.41. The van der Waals surface area contributed by atoms with Gasteiger partial charge in [0.15, 0.2) is 0 Å². The Hall–Kier alpha value is -0.590. The van der Waals surface area contributed by atoms with E-state index < -0.39 is 5.41 Å². The number of hydrogen-bond acceptors (Lipinski definition) is 3. The van der Waals surface area contributed by atoms with Crippen LogP contribution in [-0.4, -0.2) is 23.4 Å². The maximum absolute atomic E-state index is 8.40. The topological polar surface area (TPSA) is 64.2 Å². The number of aliphatic hydroxyl groups is 2. The lowest BCUT2D eigenvalue weighted by Crippen LogP contribution is -2.23. The summed E-state index contributed by atoms with van der Waals surface area (Å²) in [6.07, 6.45) is 0. The highest BCUT2D eigenvalue weighted by atomic mass is 16.3. The molecule has 3 heteroatoms. The van der Waals surface area contributed by atoms with Crippen molar-refractivity contribution in [3.63, 3.8) is 0 Å². The average molecular weight is 115 g/mol. The largest absolute Gasteiger partial charge is 0.395 e. The first-order valence-electron chi connectivity index (χ1n) is 2.31. The Balaban J connectivity index is 3.83. The van der Waals surface area contributed by atoms with Crippen molar-refractivity contribution in [1.29, 1.82) is 5.26 Å². The number of hydrogen-bond donors (Lipinski definition) is 2. The molecule has 0 saturated carbocycles. The quantitative estimate of drug-likeness (QED) is 0.510. The fourth-order valence-corrected chi connectivity index (χ4v) is 0.121. The fraction of sp³-hybridized carbons (Fsp3) is 0.800. The highest BCUT2D eigenvalue weighted by molar-refractivity contribution is 4.94. The molecular formula is C5H9NO2. The van der Waals surface area contributed by atoms with Crippen LogP contribution in [0.2, 0.25) is 0 Å². The van der Waals surface area contributed by atoms with Gasteiger partial charge in [-0.3, -0.25) is 0 Å². The second-order valence-electron chi connectivity index (χ2n) is 1.99. The molecule has 46 valence electrons. The third-order valence-corrected chi connectivity index (χ3v) is 0.968. The molecule has 3 nitrogen and oxygen atoms in total. The van der Waals surface area contributed by atoms with Gasteiger partial charge in [0.1, 0.15) is 5.41 Å². The van der Waals surface area contributed by atoms with Gasteiger partial charge in [-0.25, -0.2) is 0 Å². The normalized spacial score (nSPS) is 10.8. The summed E-state index contributed by atoms with van der Waals surface area (Å²) in [5.41, 5.74) is -0.958. The maximum Gasteiger partial charge on any atom is 0.100 e. The summed E-state index contributed by atoms with van der Waals surface area (Å²) in [5.74, 6) is 0. The molecule has 0 aromatic heterocycles. The minimum atomic E-state index is -0.958. The number of nitriles is 1. The van der Waals surface area contributed by atoms with E-state index in [0.29, 0.717) is 0 Å². The van der Waals surface area contributed by atoms with Crippen LogP contribution in [0.3, 0.4) is 0 Å². The van der Waals surface area contributed by atoms with Crippen LogP contribution >= 0.6 is 0 Å². The Morgan fingerprint density at radius 3 is 1.88 bits per heavy atom. The minimum Gasteiger partial charge on any atom is -0.395 e. The van der Waals surface area contributed by atoms with Crippen LogP contribution in [0, 0.1) is 16.7 Å². The van der Waals surface area contributed by atoms with Gasteiger partial charge in [0.25, 0.3) is 0 Å². The second kappa shape index (κ2) is 2.65. The van der Waals surface area contributed by atoms with Crippen molar-refractivity contribution in [2.45, 2.75) is 6.92 Å². The summed E-state index contributed by atoms with van der Waals surface area (Å²) in [5, 5.41) is 25.0. The lowest BCUT2D eigenvalue weighted by Gasteiger charge is -2.12. The molecule has 0 heterocycles. The molecule has 0 aromatic rings. The third kappa shape index (κ3) is 1.49. The van der Waals surface area contributed by atoms with Crippen LogP contribution in [0.15, 0.2) is 0 Å². The van der Waals surface area contributed by atoms with Gasteiger partial charge < -0.3 is 10.2 Å². The van der Waals surface area contributed by atoms with E-state index in [4.69, 9.17) is 15.5 Å². The SMILES string of the molecule is CC(C#N)(CO)CO. The molecule has 2 N–H and O–H groups in total. The first-order chi connectivity index (χ1) is 3.68. The number of nitrogens with zero attached hydrogens (tertiary/aromatic N) is 1. The van der Waals surface area contributed by atoms with E-state index in [-0.39, 0.29) is 13.2 Å². The predicted octanol–water partition coefficient (Wildman–Crippen LogP) is -0.499. The van der Waals surface area contributed by atoms with Crippen LogP contribution in [0.25, 0.3) is 0 Å². The zero-order valence-electron chi connectivity index (χ0n) is 4.76. The molecular weight excluding hydrogens is 106 g/mol. The Kier molecular flexibility index (Phi) is 2.46. The van der Waals surface area contributed by atoms with E-state index in [1.165, 1.54) is 6.92 Å². The van der Waals surface area contributed by atoms with Crippen LogP contribution < -0.4 is 0 Å². The van der Waals surface area contributed by atoms with Gasteiger partial charge in [-0.1, -0.05) is 0 Å². The lowest BCUT2D eigenvalue weighted by molar-refractivity contribution is 0.114. The molecule has 0 aliphatic carbocycles. The zero-order valence-corrected chi connectivity index (χ0v) is 4.76. The van der Waals surface area contributed by atoms with Crippen LogP contribution in [0.1, 0.15) is 6.92 Å². The Morgan fingerprint density at radius 1 is 1.50 bits per heavy atom. The molecule has 0 saturated heterocycles. The third-order valence-electron chi connectivity index (χ3n) is 0.968. The standard InChI is InChI=1S/C5H9NO2/c1-5(2-6,3-7)4-8/h7-8H,3-4H2,1H3. The molecule has 0 bridgehead atoms. The first-order valence-corrected chi connectivity index (χ1v) is 2.31. The van der Waals surface area contributed by atoms with Crippen molar-refractivity contribution in [1.82, 2.24) is 0 Å². The van der Waals surface area contributed by atoms with E-state index >= 15 is 0 Å². The van der Waals surface area contributed by atoms with Gasteiger partial charge in [-0.2, -0.15) is 5.26 Å². The van der Waals surface area contributed by atoms with Crippen molar-refractivity contribution in [3.05, 3.63) is 0 Å². The van der Waals surface area contributed by atoms with E-state index in [1.54, 1.807) is 6.07 Å². The van der Waals surface area contributed by atoms with E-state index in [1.807, 2.05) is 0 Å². The Morgan fingerprint density at radius 2 is 1.88 bits per heavy atom. The summed E-state index contributed by atoms with van der Waals surface area (Å²) in [6.45, 7) is 0.910. The Labute approximate surface area is 48.2 Å². The maximum atomic E-state index is 8.40.